The van der Waals surface area contributed by atoms with Gasteiger partial charge >= 0.3 is 11.9 Å². The van der Waals surface area contributed by atoms with E-state index in [1.165, 1.54) is 0 Å². The lowest BCUT2D eigenvalue weighted by Gasteiger charge is -2.11. The molecule has 2 aromatic carbocycles. The lowest BCUT2D eigenvalue weighted by Crippen LogP contribution is -2.17. The van der Waals surface area contributed by atoms with E-state index in [-0.39, 0.29) is 59.4 Å². The molecule has 1 amide bonds. The Kier molecular flexibility index (Phi) is 7.24. The van der Waals surface area contributed by atoms with Crippen molar-refractivity contribution in [3.05, 3.63) is 82.9 Å². The highest BCUT2D eigenvalue weighted by Crippen LogP contribution is 2.29. The molecule has 0 saturated carbocycles. The fraction of sp³-hybridized carbons (Fsp3) is 0.192. The molecule has 10 nitrogen and oxygen atoms in total. The molecule has 36 heavy (non-hydrogen) atoms. The van der Waals surface area contributed by atoms with Gasteiger partial charge in [0.15, 0.2) is 12.4 Å². The molecule has 0 spiro atoms. The summed E-state index contributed by atoms with van der Waals surface area (Å²) in [5.41, 5.74) is 7.64. The first kappa shape index (κ1) is 24.4. The molecule has 0 aliphatic rings. The van der Waals surface area contributed by atoms with Gasteiger partial charge in [0.1, 0.15) is 17.1 Å². The number of ether oxygens (including phenoxy) is 2. The average Bonchev–Trinajstić information content (AvgIpc) is 3.20. The molecule has 0 atom stereocenters. The molecule has 0 radical (unpaired) electrons. The molecule has 4 aromatic rings. The van der Waals surface area contributed by atoms with Crippen LogP contribution in [0.15, 0.2) is 59.0 Å². The molecule has 0 saturated heterocycles. The van der Waals surface area contributed by atoms with Crippen molar-refractivity contribution in [3.63, 3.8) is 0 Å². The van der Waals surface area contributed by atoms with Crippen molar-refractivity contribution >= 4 is 40.5 Å². The number of fused-ring (bicyclic) bond motifs is 1. The predicted molar refractivity (Wildman–Crippen MR) is 131 cm³/mol. The number of aromatic nitrogens is 2. The number of nitrogen functional groups attached to an aromatic ring is 1. The lowest BCUT2D eigenvalue weighted by molar-refractivity contribution is -0.115. The SMILES string of the molecule is CCOC(=O)c1c(C)oc2nc(COC(=O)c3ccccc3NC(=O)Cc3ccccc3)nc(N)c12. The van der Waals surface area contributed by atoms with E-state index < -0.39 is 11.9 Å². The van der Waals surface area contributed by atoms with Crippen molar-refractivity contribution in [2.45, 2.75) is 26.9 Å². The minimum Gasteiger partial charge on any atom is -0.462 e. The van der Waals surface area contributed by atoms with E-state index in [0.29, 0.717) is 11.4 Å². The number of anilines is 2. The molecule has 0 aliphatic heterocycles. The number of amides is 1. The third-order valence-corrected chi connectivity index (χ3v) is 5.24. The monoisotopic (exact) mass is 488 g/mol. The van der Waals surface area contributed by atoms with Crippen LogP contribution in [0, 0.1) is 6.92 Å². The fourth-order valence-corrected chi connectivity index (χ4v) is 3.65. The van der Waals surface area contributed by atoms with E-state index in [4.69, 9.17) is 19.6 Å². The maximum atomic E-state index is 12.8. The first-order valence-corrected chi connectivity index (χ1v) is 11.2. The van der Waals surface area contributed by atoms with Crippen LogP contribution in [0.2, 0.25) is 0 Å². The van der Waals surface area contributed by atoms with Crippen molar-refractivity contribution in [2.24, 2.45) is 0 Å². The van der Waals surface area contributed by atoms with Gasteiger partial charge in [-0.15, -0.1) is 0 Å². The fourth-order valence-electron chi connectivity index (χ4n) is 3.65. The summed E-state index contributed by atoms with van der Waals surface area (Å²) >= 11 is 0. The van der Waals surface area contributed by atoms with Crippen molar-refractivity contribution in [1.82, 2.24) is 9.97 Å². The van der Waals surface area contributed by atoms with Crippen molar-refractivity contribution < 1.29 is 28.3 Å². The standard InChI is InChI=1S/C26H24N4O6/c1-3-34-26(33)21-15(2)36-24-22(21)23(27)29-19(30-24)14-35-25(32)17-11-7-8-12-18(17)28-20(31)13-16-9-5-4-6-10-16/h4-12H,3,13-14H2,1-2H3,(H,28,31)(H2,27,29,30). The quantitative estimate of drug-likeness (QED) is 0.353. The molecule has 0 fully saturated rings. The molecule has 0 unspecified atom stereocenters. The third-order valence-electron chi connectivity index (χ3n) is 5.24. The molecule has 0 bridgehead atoms. The van der Waals surface area contributed by atoms with Crippen LogP contribution < -0.4 is 11.1 Å². The molecule has 4 rings (SSSR count). The van der Waals surface area contributed by atoms with Gasteiger partial charge in [0.25, 0.3) is 0 Å². The zero-order valence-electron chi connectivity index (χ0n) is 19.7. The number of para-hydroxylation sites is 1. The number of carbonyl (C=O) groups is 3. The van der Waals surface area contributed by atoms with Crippen LogP contribution in [0.1, 0.15) is 44.8 Å². The van der Waals surface area contributed by atoms with Gasteiger partial charge in [-0.3, -0.25) is 4.79 Å². The Bertz CT molecular complexity index is 1430. The largest absolute Gasteiger partial charge is 0.462 e. The number of carbonyl (C=O) groups excluding carboxylic acids is 3. The van der Waals surface area contributed by atoms with Crippen LogP contribution >= 0.6 is 0 Å². The number of nitrogens with two attached hydrogens (primary N) is 1. The Labute approximate surface area is 206 Å². The molecule has 10 heteroatoms. The highest BCUT2D eigenvalue weighted by atomic mass is 16.5. The first-order valence-electron chi connectivity index (χ1n) is 11.2. The van der Waals surface area contributed by atoms with E-state index in [9.17, 15) is 14.4 Å². The summed E-state index contributed by atoms with van der Waals surface area (Å²) < 4.78 is 16.0. The van der Waals surface area contributed by atoms with E-state index in [2.05, 4.69) is 15.3 Å². The van der Waals surface area contributed by atoms with Crippen LogP contribution in [0.25, 0.3) is 11.1 Å². The minimum atomic E-state index is -0.685. The van der Waals surface area contributed by atoms with Crippen LogP contribution in [-0.4, -0.2) is 34.4 Å². The van der Waals surface area contributed by atoms with Crippen molar-refractivity contribution in [2.75, 3.05) is 17.7 Å². The second-order valence-corrected chi connectivity index (χ2v) is 7.79. The van der Waals surface area contributed by atoms with Gasteiger partial charge in [-0.2, -0.15) is 4.98 Å². The van der Waals surface area contributed by atoms with Crippen LogP contribution in [0.4, 0.5) is 11.5 Å². The molecule has 2 aromatic heterocycles. The van der Waals surface area contributed by atoms with Gasteiger partial charge in [-0.05, 0) is 31.5 Å². The molecule has 3 N–H and O–H groups in total. The van der Waals surface area contributed by atoms with Crippen LogP contribution in [-0.2, 0) is 27.3 Å². The van der Waals surface area contributed by atoms with Crippen LogP contribution in [0.5, 0.6) is 0 Å². The Morgan fingerprint density at radius 2 is 1.69 bits per heavy atom. The summed E-state index contributed by atoms with van der Waals surface area (Å²) in [6.07, 6.45) is 0.160. The van der Waals surface area contributed by atoms with Gasteiger partial charge < -0.3 is 24.9 Å². The number of rotatable bonds is 8. The molecular weight excluding hydrogens is 464 g/mol. The Morgan fingerprint density at radius 1 is 0.972 bits per heavy atom. The summed E-state index contributed by atoms with van der Waals surface area (Å²) in [6.45, 7) is 3.17. The number of esters is 2. The van der Waals surface area contributed by atoms with Gasteiger partial charge in [-0.25, -0.2) is 14.6 Å². The molecular formula is C26H24N4O6. The maximum absolute atomic E-state index is 12.8. The number of hydrogen-bond acceptors (Lipinski definition) is 9. The van der Waals surface area contributed by atoms with Crippen molar-refractivity contribution in [3.8, 4) is 0 Å². The molecule has 0 aliphatic carbocycles. The van der Waals surface area contributed by atoms with Gasteiger partial charge in [0.2, 0.25) is 11.6 Å². The summed E-state index contributed by atoms with van der Waals surface area (Å²) in [4.78, 5) is 45.9. The molecule has 184 valence electrons. The first-order chi connectivity index (χ1) is 17.4. The summed E-state index contributed by atoms with van der Waals surface area (Å²) in [5.74, 6) is -1.17. The average molecular weight is 489 g/mol. The zero-order valence-corrected chi connectivity index (χ0v) is 19.7. The van der Waals surface area contributed by atoms with Gasteiger partial charge in [0.05, 0.1) is 29.7 Å². The minimum absolute atomic E-state index is 0.000437. The van der Waals surface area contributed by atoms with Crippen LogP contribution in [0.3, 0.4) is 0 Å². The van der Waals surface area contributed by atoms with E-state index >= 15 is 0 Å². The highest BCUT2D eigenvalue weighted by molar-refractivity contribution is 6.07. The van der Waals surface area contributed by atoms with Crippen molar-refractivity contribution in [1.29, 1.82) is 0 Å². The third kappa shape index (κ3) is 5.33. The molecule has 2 heterocycles. The zero-order chi connectivity index (χ0) is 25.7. The Hall–Kier alpha value is -4.73. The number of nitrogens with one attached hydrogen (secondary N) is 1. The maximum Gasteiger partial charge on any atom is 0.342 e. The number of benzene rings is 2. The summed E-state index contributed by atoms with van der Waals surface area (Å²) in [6, 6.07) is 15.8. The number of aryl methyl sites for hydroxylation is 1. The second kappa shape index (κ2) is 10.7. The lowest BCUT2D eigenvalue weighted by atomic mass is 10.1. The normalized spacial score (nSPS) is 10.7. The number of hydrogen-bond donors (Lipinski definition) is 2. The van der Waals surface area contributed by atoms with Gasteiger partial charge in [0, 0.05) is 0 Å². The van der Waals surface area contributed by atoms with E-state index in [0.717, 1.165) is 5.56 Å². The Balaban J connectivity index is 1.48. The topological polar surface area (TPSA) is 147 Å². The van der Waals surface area contributed by atoms with E-state index in [1.807, 2.05) is 30.3 Å². The van der Waals surface area contributed by atoms with E-state index in [1.54, 1.807) is 38.1 Å². The Morgan fingerprint density at radius 3 is 2.44 bits per heavy atom. The number of furan rings is 1. The summed E-state index contributed by atoms with van der Waals surface area (Å²) in [7, 11) is 0. The highest BCUT2D eigenvalue weighted by Gasteiger charge is 2.24. The predicted octanol–water partition coefficient (Wildman–Crippen LogP) is 3.83. The number of nitrogens with zero attached hydrogens (tertiary/aromatic N) is 2. The smallest absolute Gasteiger partial charge is 0.342 e. The van der Waals surface area contributed by atoms with Gasteiger partial charge in [-0.1, -0.05) is 42.5 Å². The second-order valence-electron chi connectivity index (χ2n) is 7.79. The summed E-state index contributed by atoms with van der Waals surface area (Å²) in [5, 5.41) is 2.99.